The molecule has 0 spiro atoms. The van der Waals surface area contributed by atoms with Crippen molar-refractivity contribution in [3.63, 3.8) is 0 Å². The Hall–Kier alpha value is -1.59. The van der Waals surface area contributed by atoms with Crippen molar-refractivity contribution in [3.05, 3.63) is 0 Å². The summed E-state index contributed by atoms with van der Waals surface area (Å²) < 4.78 is 4.57. The number of carboxylic acid groups (broad SMARTS) is 1. The fraction of sp³-hybridized carbons (Fsp3) is 0.571. The fourth-order valence-electron chi connectivity index (χ4n) is 1.01. The van der Waals surface area contributed by atoms with Gasteiger partial charge >= 0.3 is 11.9 Å². The number of cyclic esters (lactones) is 1. The first-order valence-corrected chi connectivity index (χ1v) is 3.77. The summed E-state index contributed by atoms with van der Waals surface area (Å²) in [7, 11) is 0. The molecule has 1 aliphatic rings. The van der Waals surface area contributed by atoms with Crippen molar-refractivity contribution in [2.24, 2.45) is 0 Å². The van der Waals surface area contributed by atoms with Gasteiger partial charge in [-0.25, -0.2) is 4.79 Å². The van der Waals surface area contributed by atoms with Crippen molar-refractivity contribution in [1.29, 1.82) is 0 Å². The van der Waals surface area contributed by atoms with E-state index in [-0.39, 0.29) is 6.61 Å². The Labute approximate surface area is 73.9 Å². The predicted octanol–water partition coefficient (Wildman–Crippen LogP) is -1.11. The Morgan fingerprint density at radius 1 is 1.62 bits per heavy atom. The van der Waals surface area contributed by atoms with Crippen LogP contribution in [0.4, 0.5) is 0 Å². The number of carboxylic acids is 1. The molecule has 0 saturated carbocycles. The summed E-state index contributed by atoms with van der Waals surface area (Å²) in [5, 5.41) is 10.5. The monoisotopic (exact) mass is 187 g/mol. The van der Waals surface area contributed by atoms with Gasteiger partial charge < -0.3 is 15.2 Å². The van der Waals surface area contributed by atoms with Gasteiger partial charge in [0.05, 0.1) is 6.61 Å². The molecule has 2 N–H and O–H groups in total. The van der Waals surface area contributed by atoms with Crippen LogP contribution in [0.3, 0.4) is 0 Å². The lowest BCUT2D eigenvalue weighted by atomic mass is 10.2. The van der Waals surface area contributed by atoms with Crippen LogP contribution < -0.4 is 5.32 Å². The van der Waals surface area contributed by atoms with Crippen LogP contribution in [0.1, 0.15) is 12.8 Å². The van der Waals surface area contributed by atoms with Gasteiger partial charge in [0.1, 0.15) is 12.5 Å². The Morgan fingerprint density at radius 2 is 2.31 bits per heavy atom. The molecule has 0 aromatic rings. The highest BCUT2D eigenvalue weighted by Gasteiger charge is 2.28. The average Bonchev–Trinajstić information content (AvgIpc) is 2.34. The highest BCUT2D eigenvalue weighted by Crippen LogP contribution is 2.05. The normalized spacial score (nSPS) is 20.9. The molecule has 1 rings (SSSR count). The van der Waals surface area contributed by atoms with E-state index in [0.29, 0.717) is 6.42 Å². The van der Waals surface area contributed by atoms with Crippen molar-refractivity contribution < 1.29 is 24.2 Å². The van der Waals surface area contributed by atoms with E-state index >= 15 is 0 Å². The molecular weight excluding hydrogens is 178 g/mol. The summed E-state index contributed by atoms with van der Waals surface area (Å²) in [6.07, 6.45) is -0.214. The zero-order valence-electron chi connectivity index (χ0n) is 6.78. The van der Waals surface area contributed by atoms with Crippen LogP contribution >= 0.6 is 0 Å². The maximum Gasteiger partial charge on any atom is 0.328 e. The van der Waals surface area contributed by atoms with Crippen LogP contribution in [0.25, 0.3) is 0 Å². The second-order valence-electron chi connectivity index (χ2n) is 2.65. The number of esters is 1. The molecule has 0 aliphatic carbocycles. The van der Waals surface area contributed by atoms with E-state index in [2.05, 4.69) is 10.1 Å². The molecule has 6 nitrogen and oxygen atoms in total. The molecule has 0 aromatic carbocycles. The second-order valence-corrected chi connectivity index (χ2v) is 2.65. The van der Waals surface area contributed by atoms with Crippen molar-refractivity contribution in [2.75, 3.05) is 6.61 Å². The van der Waals surface area contributed by atoms with Gasteiger partial charge in [0.2, 0.25) is 5.91 Å². The van der Waals surface area contributed by atoms with Crippen LogP contribution in [0.5, 0.6) is 0 Å². The third-order valence-electron chi connectivity index (χ3n) is 1.58. The minimum Gasteiger partial charge on any atom is -0.481 e. The van der Waals surface area contributed by atoms with E-state index in [9.17, 15) is 14.4 Å². The Bertz CT molecular complexity index is 249. The maximum atomic E-state index is 10.9. The first-order valence-electron chi connectivity index (χ1n) is 3.77. The first-order chi connectivity index (χ1) is 6.09. The Morgan fingerprint density at radius 3 is 2.77 bits per heavy atom. The smallest absolute Gasteiger partial charge is 0.328 e. The van der Waals surface area contributed by atoms with Crippen molar-refractivity contribution >= 4 is 17.8 Å². The molecule has 1 saturated heterocycles. The van der Waals surface area contributed by atoms with Crippen LogP contribution in [0.2, 0.25) is 0 Å². The van der Waals surface area contributed by atoms with E-state index in [0.717, 1.165) is 0 Å². The summed E-state index contributed by atoms with van der Waals surface area (Å²) in [6, 6.07) is -0.674. The molecule has 0 bridgehead atoms. The molecule has 0 radical (unpaired) electrons. The number of nitrogens with one attached hydrogen (secondary N) is 1. The lowest BCUT2D eigenvalue weighted by Gasteiger charge is -2.06. The molecule has 1 amide bonds. The molecule has 1 aliphatic heterocycles. The number of hydrogen-bond donors (Lipinski definition) is 2. The van der Waals surface area contributed by atoms with Gasteiger partial charge in [-0.15, -0.1) is 0 Å². The number of carbonyl (C=O) groups excluding carboxylic acids is 2. The summed E-state index contributed by atoms with van der Waals surface area (Å²) >= 11 is 0. The van der Waals surface area contributed by atoms with Gasteiger partial charge in [0.25, 0.3) is 0 Å². The minimum atomic E-state index is -1.22. The maximum absolute atomic E-state index is 10.9. The first kappa shape index (κ1) is 9.50. The highest BCUT2D eigenvalue weighted by atomic mass is 16.5. The molecule has 1 heterocycles. The summed E-state index contributed by atoms with van der Waals surface area (Å²) in [5.74, 6) is -2.39. The second kappa shape index (κ2) is 3.88. The van der Waals surface area contributed by atoms with E-state index in [4.69, 9.17) is 5.11 Å². The van der Waals surface area contributed by atoms with E-state index < -0.39 is 30.3 Å². The Balaban J connectivity index is 2.35. The summed E-state index contributed by atoms with van der Waals surface area (Å²) in [4.78, 5) is 31.8. The standard InChI is InChI=1S/C7H9NO5/c9-5(3-6(10)11)8-4-1-2-13-7(4)12/h4H,1-3H2,(H,8,9)(H,10,11)/t4-/m0/s1. The summed E-state index contributed by atoms with van der Waals surface area (Å²) in [6.45, 7) is 0.275. The van der Waals surface area contributed by atoms with Crippen molar-refractivity contribution in [3.8, 4) is 0 Å². The number of hydrogen-bond acceptors (Lipinski definition) is 4. The SMILES string of the molecule is O=C(O)CC(=O)N[C@H]1CCOC1=O. The third kappa shape index (κ3) is 2.73. The molecule has 1 atom stereocenters. The molecule has 1 fully saturated rings. The average molecular weight is 187 g/mol. The predicted molar refractivity (Wildman–Crippen MR) is 39.8 cm³/mol. The molecular formula is C7H9NO5. The summed E-state index contributed by atoms with van der Waals surface area (Å²) in [5.41, 5.74) is 0. The van der Waals surface area contributed by atoms with Crippen LogP contribution in [0.15, 0.2) is 0 Å². The molecule has 13 heavy (non-hydrogen) atoms. The number of rotatable bonds is 3. The number of aliphatic carboxylic acids is 1. The van der Waals surface area contributed by atoms with Crippen LogP contribution in [0, 0.1) is 0 Å². The van der Waals surface area contributed by atoms with Gasteiger partial charge in [0.15, 0.2) is 0 Å². The lowest BCUT2D eigenvalue weighted by molar-refractivity contribution is -0.144. The molecule has 72 valence electrons. The van der Waals surface area contributed by atoms with E-state index in [1.165, 1.54) is 0 Å². The van der Waals surface area contributed by atoms with Crippen LogP contribution in [-0.4, -0.2) is 35.6 Å². The zero-order chi connectivity index (χ0) is 9.84. The van der Waals surface area contributed by atoms with Gasteiger partial charge in [0, 0.05) is 6.42 Å². The topological polar surface area (TPSA) is 92.7 Å². The van der Waals surface area contributed by atoms with Crippen molar-refractivity contribution in [2.45, 2.75) is 18.9 Å². The molecule has 6 heteroatoms. The molecule has 0 unspecified atom stereocenters. The number of ether oxygens (including phenoxy) is 1. The van der Waals surface area contributed by atoms with E-state index in [1.54, 1.807) is 0 Å². The van der Waals surface area contributed by atoms with E-state index in [1.807, 2.05) is 0 Å². The van der Waals surface area contributed by atoms with Crippen LogP contribution in [-0.2, 0) is 19.1 Å². The quantitative estimate of drug-likeness (QED) is 0.432. The largest absolute Gasteiger partial charge is 0.481 e. The molecule has 0 aromatic heterocycles. The van der Waals surface area contributed by atoms with Gasteiger partial charge in [-0.2, -0.15) is 0 Å². The van der Waals surface area contributed by atoms with Gasteiger partial charge in [-0.05, 0) is 0 Å². The van der Waals surface area contributed by atoms with Crippen molar-refractivity contribution in [1.82, 2.24) is 5.32 Å². The Kier molecular flexibility index (Phi) is 2.84. The zero-order valence-corrected chi connectivity index (χ0v) is 6.78. The van der Waals surface area contributed by atoms with Gasteiger partial charge in [-0.3, -0.25) is 9.59 Å². The number of amides is 1. The highest BCUT2D eigenvalue weighted by molar-refractivity contribution is 5.95. The lowest BCUT2D eigenvalue weighted by Crippen LogP contribution is -2.38. The third-order valence-corrected chi connectivity index (χ3v) is 1.58. The fourth-order valence-corrected chi connectivity index (χ4v) is 1.01. The minimum absolute atomic E-state index is 0.275. The van der Waals surface area contributed by atoms with Gasteiger partial charge in [-0.1, -0.05) is 0 Å². The number of carbonyl (C=O) groups is 3.